The van der Waals surface area contributed by atoms with Crippen molar-refractivity contribution in [3.63, 3.8) is 0 Å². The van der Waals surface area contributed by atoms with Crippen LogP contribution in [-0.2, 0) is 4.79 Å². The lowest BCUT2D eigenvalue weighted by Gasteiger charge is -2.04. The fraction of sp³-hybridized carbons (Fsp3) is 0.125. The van der Waals surface area contributed by atoms with Gasteiger partial charge in [-0.15, -0.1) is 0 Å². The molecular formula is C8H5F2OS. The van der Waals surface area contributed by atoms with Gasteiger partial charge in [-0.3, -0.25) is 4.79 Å². The number of benzene rings is 1. The maximum absolute atomic E-state index is 12.8. The van der Waals surface area contributed by atoms with Crippen molar-refractivity contribution in [1.29, 1.82) is 0 Å². The highest BCUT2D eigenvalue weighted by Crippen LogP contribution is 2.23. The molecule has 0 saturated heterocycles. The fourth-order valence-electron chi connectivity index (χ4n) is 0.831. The summed E-state index contributed by atoms with van der Waals surface area (Å²) in [6, 6.07) is 3.36. The van der Waals surface area contributed by atoms with Crippen LogP contribution in [0.3, 0.4) is 0 Å². The SMILES string of the molecule is O=[C]C(S)c1c(F)cccc1F. The fourth-order valence-corrected chi connectivity index (χ4v) is 1.08. The first-order valence-electron chi connectivity index (χ1n) is 3.16. The van der Waals surface area contributed by atoms with Crippen molar-refractivity contribution in [2.75, 3.05) is 0 Å². The molecule has 63 valence electrons. The van der Waals surface area contributed by atoms with Gasteiger partial charge in [0.25, 0.3) is 0 Å². The molecule has 0 bridgehead atoms. The average molecular weight is 187 g/mol. The van der Waals surface area contributed by atoms with Crippen LogP contribution in [0.4, 0.5) is 8.78 Å². The molecule has 1 aromatic rings. The first kappa shape index (κ1) is 9.19. The van der Waals surface area contributed by atoms with Crippen molar-refractivity contribution in [2.24, 2.45) is 0 Å². The van der Waals surface area contributed by atoms with E-state index in [1.54, 1.807) is 0 Å². The molecule has 1 radical (unpaired) electrons. The standard InChI is InChI=1S/C8H5F2OS/c9-5-2-1-3-6(10)8(5)7(12)4-11/h1-3,7,12H. The third-order valence-electron chi connectivity index (χ3n) is 1.38. The van der Waals surface area contributed by atoms with E-state index in [1.807, 2.05) is 0 Å². The van der Waals surface area contributed by atoms with E-state index in [-0.39, 0.29) is 5.56 Å². The topological polar surface area (TPSA) is 17.1 Å². The average Bonchev–Trinajstić information content (AvgIpc) is 2.03. The molecule has 0 aliphatic rings. The molecule has 0 fully saturated rings. The van der Waals surface area contributed by atoms with E-state index < -0.39 is 16.9 Å². The summed E-state index contributed by atoms with van der Waals surface area (Å²) < 4.78 is 25.6. The minimum absolute atomic E-state index is 0.351. The molecule has 1 nitrogen and oxygen atoms in total. The molecule has 4 heteroatoms. The molecule has 0 saturated carbocycles. The van der Waals surface area contributed by atoms with Crippen molar-refractivity contribution in [2.45, 2.75) is 5.25 Å². The normalized spacial score (nSPS) is 12.6. The number of thiol groups is 1. The Bertz CT molecular complexity index is 281. The Balaban J connectivity index is 3.20. The summed E-state index contributed by atoms with van der Waals surface area (Å²) in [5.74, 6) is -1.56. The van der Waals surface area contributed by atoms with Crippen LogP contribution in [0.1, 0.15) is 10.8 Å². The minimum Gasteiger partial charge on any atom is -0.289 e. The largest absolute Gasteiger partial charge is 0.289 e. The van der Waals surface area contributed by atoms with E-state index in [9.17, 15) is 13.6 Å². The van der Waals surface area contributed by atoms with Gasteiger partial charge in [-0.25, -0.2) is 8.78 Å². The van der Waals surface area contributed by atoms with E-state index in [1.165, 1.54) is 12.4 Å². The van der Waals surface area contributed by atoms with Crippen LogP contribution in [0, 0.1) is 11.6 Å². The first-order chi connectivity index (χ1) is 5.66. The molecule has 1 rings (SSSR count). The lowest BCUT2D eigenvalue weighted by atomic mass is 10.1. The van der Waals surface area contributed by atoms with Crippen molar-refractivity contribution >= 4 is 18.9 Å². The lowest BCUT2D eigenvalue weighted by Crippen LogP contribution is -1.99. The van der Waals surface area contributed by atoms with Gasteiger partial charge in [0.1, 0.15) is 11.6 Å². The second-order valence-electron chi connectivity index (χ2n) is 2.16. The van der Waals surface area contributed by atoms with Gasteiger partial charge >= 0.3 is 0 Å². The van der Waals surface area contributed by atoms with Gasteiger partial charge < -0.3 is 0 Å². The minimum atomic E-state index is -1.16. The molecule has 0 heterocycles. The summed E-state index contributed by atoms with van der Waals surface area (Å²) in [5.41, 5.74) is -0.351. The molecule has 1 unspecified atom stereocenters. The molecular weight excluding hydrogens is 182 g/mol. The summed E-state index contributed by atoms with van der Waals surface area (Å²) in [7, 11) is 0. The second-order valence-corrected chi connectivity index (χ2v) is 2.67. The third-order valence-corrected chi connectivity index (χ3v) is 1.75. The quantitative estimate of drug-likeness (QED) is 0.701. The zero-order valence-electron chi connectivity index (χ0n) is 5.92. The zero-order valence-corrected chi connectivity index (χ0v) is 6.82. The Morgan fingerprint density at radius 3 is 2.25 bits per heavy atom. The maximum Gasteiger partial charge on any atom is 0.217 e. The van der Waals surface area contributed by atoms with Crippen molar-refractivity contribution in [1.82, 2.24) is 0 Å². The van der Waals surface area contributed by atoms with Crippen LogP contribution in [0.5, 0.6) is 0 Å². The van der Waals surface area contributed by atoms with E-state index in [2.05, 4.69) is 12.6 Å². The van der Waals surface area contributed by atoms with Crippen LogP contribution in [0.2, 0.25) is 0 Å². The van der Waals surface area contributed by atoms with Gasteiger partial charge in [-0.1, -0.05) is 6.07 Å². The van der Waals surface area contributed by atoms with Crippen LogP contribution in [-0.4, -0.2) is 6.29 Å². The van der Waals surface area contributed by atoms with Crippen LogP contribution >= 0.6 is 12.6 Å². The number of halogens is 2. The van der Waals surface area contributed by atoms with Gasteiger partial charge in [-0.2, -0.15) is 12.6 Å². The van der Waals surface area contributed by atoms with Crippen molar-refractivity contribution < 1.29 is 13.6 Å². The number of rotatable bonds is 2. The van der Waals surface area contributed by atoms with Gasteiger partial charge in [0.15, 0.2) is 0 Å². The number of hydrogen-bond donors (Lipinski definition) is 1. The van der Waals surface area contributed by atoms with E-state index >= 15 is 0 Å². The Morgan fingerprint density at radius 1 is 1.33 bits per heavy atom. The highest BCUT2D eigenvalue weighted by Gasteiger charge is 2.15. The predicted molar refractivity (Wildman–Crippen MR) is 43.8 cm³/mol. The zero-order chi connectivity index (χ0) is 9.14. The van der Waals surface area contributed by atoms with Crippen molar-refractivity contribution in [3.8, 4) is 0 Å². The van der Waals surface area contributed by atoms with E-state index in [4.69, 9.17) is 0 Å². The highest BCUT2D eigenvalue weighted by molar-refractivity contribution is 7.81. The second kappa shape index (κ2) is 3.67. The molecule has 1 atom stereocenters. The lowest BCUT2D eigenvalue weighted by molar-refractivity contribution is 0.538. The molecule has 0 aliphatic heterocycles. The molecule has 0 amide bonds. The Labute approximate surface area is 73.8 Å². The Kier molecular flexibility index (Phi) is 2.81. The monoisotopic (exact) mass is 187 g/mol. The van der Waals surface area contributed by atoms with Crippen molar-refractivity contribution in [3.05, 3.63) is 35.4 Å². The predicted octanol–water partition coefficient (Wildman–Crippen LogP) is 2.05. The van der Waals surface area contributed by atoms with Crippen LogP contribution < -0.4 is 0 Å². The molecule has 0 aliphatic carbocycles. The summed E-state index contributed by atoms with van der Waals surface area (Å²) >= 11 is 3.66. The molecule has 12 heavy (non-hydrogen) atoms. The Morgan fingerprint density at radius 2 is 1.83 bits per heavy atom. The molecule has 1 aromatic carbocycles. The summed E-state index contributed by atoms with van der Waals surface area (Å²) in [5, 5.41) is -1.16. The third kappa shape index (κ3) is 1.64. The molecule has 0 N–H and O–H groups in total. The van der Waals surface area contributed by atoms with E-state index in [0.717, 1.165) is 12.1 Å². The number of carbonyl (C=O) groups excluding carboxylic acids is 1. The molecule has 0 spiro atoms. The van der Waals surface area contributed by atoms with Gasteiger partial charge in [0.2, 0.25) is 6.29 Å². The maximum atomic E-state index is 12.8. The summed E-state index contributed by atoms with van der Waals surface area (Å²) in [4.78, 5) is 10.1. The first-order valence-corrected chi connectivity index (χ1v) is 3.68. The van der Waals surface area contributed by atoms with Gasteiger partial charge in [0.05, 0.1) is 5.25 Å². The number of hydrogen-bond acceptors (Lipinski definition) is 2. The van der Waals surface area contributed by atoms with Gasteiger partial charge in [0, 0.05) is 5.56 Å². The summed E-state index contributed by atoms with van der Waals surface area (Å²) in [6.07, 6.45) is 1.40. The smallest absolute Gasteiger partial charge is 0.217 e. The van der Waals surface area contributed by atoms with E-state index in [0.29, 0.717) is 0 Å². The Hall–Kier alpha value is -0.900. The van der Waals surface area contributed by atoms with Gasteiger partial charge in [-0.05, 0) is 12.1 Å². The highest BCUT2D eigenvalue weighted by atomic mass is 32.1. The van der Waals surface area contributed by atoms with Crippen LogP contribution in [0.15, 0.2) is 18.2 Å². The summed E-state index contributed by atoms with van der Waals surface area (Å²) in [6.45, 7) is 0. The molecule has 0 aromatic heterocycles. The van der Waals surface area contributed by atoms with Crippen LogP contribution in [0.25, 0.3) is 0 Å².